The Hall–Kier alpha value is -1.84. The van der Waals surface area contributed by atoms with Gasteiger partial charge in [0.2, 0.25) is 0 Å². The standard InChI is InChI=1S/C24H31NO2.ClH/c1-24(2,23(26)27)15-18-25-16-13-21(14-17-25)22(19-9-5-3-6-10-19)20-11-7-4-8-12-20;/h3-12,21-22H,13-18H2,1-2H3,(H,26,27);1H. The number of hydrogen-bond donors (Lipinski definition) is 1. The van der Waals surface area contributed by atoms with E-state index in [0.29, 0.717) is 18.3 Å². The summed E-state index contributed by atoms with van der Waals surface area (Å²) < 4.78 is 0. The zero-order valence-electron chi connectivity index (χ0n) is 16.9. The molecule has 0 unspecified atom stereocenters. The molecule has 3 rings (SSSR count). The number of carboxylic acids is 1. The number of halogens is 1. The molecule has 1 N–H and O–H groups in total. The van der Waals surface area contributed by atoms with E-state index in [9.17, 15) is 9.90 Å². The van der Waals surface area contributed by atoms with Crippen LogP contribution in [0.25, 0.3) is 0 Å². The first kappa shape index (κ1) is 22.4. The lowest BCUT2D eigenvalue weighted by Gasteiger charge is -2.37. The van der Waals surface area contributed by atoms with Crippen molar-refractivity contribution in [2.24, 2.45) is 11.3 Å². The van der Waals surface area contributed by atoms with Gasteiger partial charge < -0.3 is 10.0 Å². The topological polar surface area (TPSA) is 40.5 Å². The summed E-state index contributed by atoms with van der Waals surface area (Å²) in [5, 5.41) is 9.32. The second-order valence-corrected chi connectivity index (χ2v) is 8.42. The van der Waals surface area contributed by atoms with Crippen molar-refractivity contribution >= 4 is 18.4 Å². The molecule has 0 aromatic heterocycles. The van der Waals surface area contributed by atoms with Crippen molar-refractivity contribution in [2.75, 3.05) is 19.6 Å². The first-order chi connectivity index (χ1) is 13.0. The van der Waals surface area contributed by atoms with E-state index in [4.69, 9.17) is 0 Å². The molecule has 0 radical (unpaired) electrons. The summed E-state index contributed by atoms with van der Waals surface area (Å²) >= 11 is 0. The van der Waals surface area contributed by atoms with E-state index < -0.39 is 11.4 Å². The van der Waals surface area contributed by atoms with E-state index in [1.165, 1.54) is 11.1 Å². The summed E-state index contributed by atoms with van der Waals surface area (Å²) in [4.78, 5) is 13.8. The highest BCUT2D eigenvalue weighted by Crippen LogP contribution is 2.38. The first-order valence-electron chi connectivity index (χ1n) is 10.0. The van der Waals surface area contributed by atoms with Crippen molar-refractivity contribution < 1.29 is 9.90 Å². The van der Waals surface area contributed by atoms with Gasteiger partial charge in [0.25, 0.3) is 0 Å². The fraction of sp³-hybridized carbons (Fsp3) is 0.458. The summed E-state index contributed by atoms with van der Waals surface area (Å²) in [6.45, 7) is 6.62. The van der Waals surface area contributed by atoms with Crippen LogP contribution < -0.4 is 0 Å². The summed E-state index contributed by atoms with van der Waals surface area (Å²) in [5.41, 5.74) is 2.15. The molecule has 1 saturated heterocycles. The molecule has 4 heteroatoms. The Morgan fingerprint density at radius 1 is 1.00 bits per heavy atom. The zero-order chi connectivity index (χ0) is 19.3. The van der Waals surface area contributed by atoms with E-state index in [0.717, 1.165) is 32.5 Å². The molecule has 0 saturated carbocycles. The average Bonchev–Trinajstić information content (AvgIpc) is 2.69. The van der Waals surface area contributed by atoms with Crippen molar-refractivity contribution in [1.82, 2.24) is 4.90 Å². The number of rotatable bonds is 7. The molecule has 1 fully saturated rings. The molecule has 0 spiro atoms. The molecule has 1 aliphatic rings. The number of benzene rings is 2. The Morgan fingerprint density at radius 2 is 1.46 bits per heavy atom. The molecular weight excluding hydrogens is 370 g/mol. The van der Waals surface area contributed by atoms with Crippen LogP contribution in [0.1, 0.15) is 50.2 Å². The fourth-order valence-electron chi connectivity index (χ4n) is 4.11. The van der Waals surface area contributed by atoms with Gasteiger partial charge in [0.05, 0.1) is 5.41 Å². The molecule has 152 valence electrons. The van der Waals surface area contributed by atoms with E-state index in [2.05, 4.69) is 65.6 Å². The van der Waals surface area contributed by atoms with Crippen molar-refractivity contribution in [3.63, 3.8) is 0 Å². The maximum atomic E-state index is 11.3. The Kier molecular flexibility index (Phi) is 8.09. The van der Waals surface area contributed by atoms with E-state index >= 15 is 0 Å². The largest absolute Gasteiger partial charge is 0.481 e. The molecule has 1 heterocycles. The van der Waals surface area contributed by atoms with E-state index in [-0.39, 0.29) is 12.4 Å². The van der Waals surface area contributed by atoms with Gasteiger partial charge in [-0.2, -0.15) is 0 Å². The highest BCUT2D eigenvalue weighted by atomic mass is 35.5. The predicted octanol–water partition coefficient (Wildman–Crippen LogP) is 5.45. The van der Waals surface area contributed by atoms with Crippen LogP contribution in [0.2, 0.25) is 0 Å². The maximum Gasteiger partial charge on any atom is 0.309 e. The monoisotopic (exact) mass is 401 g/mol. The van der Waals surface area contributed by atoms with Crippen LogP contribution in [-0.4, -0.2) is 35.6 Å². The van der Waals surface area contributed by atoms with Gasteiger partial charge in [0.15, 0.2) is 0 Å². The van der Waals surface area contributed by atoms with Gasteiger partial charge >= 0.3 is 5.97 Å². The number of carboxylic acid groups (broad SMARTS) is 1. The molecule has 0 amide bonds. The second kappa shape index (κ2) is 10.1. The van der Waals surface area contributed by atoms with E-state index in [1.54, 1.807) is 0 Å². The van der Waals surface area contributed by atoms with Crippen molar-refractivity contribution in [3.05, 3.63) is 71.8 Å². The third-order valence-corrected chi connectivity index (χ3v) is 6.05. The van der Waals surface area contributed by atoms with Crippen LogP contribution in [0, 0.1) is 11.3 Å². The van der Waals surface area contributed by atoms with Gasteiger partial charge in [-0.25, -0.2) is 0 Å². The minimum absolute atomic E-state index is 0. The summed E-state index contributed by atoms with van der Waals surface area (Å²) in [7, 11) is 0. The van der Waals surface area contributed by atoms with Gasteiger partial charge in [0, 0.05) is 5.92 Å². The third-order valence-electron chi connectivity index (χ3n) is 6.05. The quantitative estimate of drug-likeness (QED) is 0.670. The lowest BCUT2D eigenvalue weighted by molar-refractivity contribution is -0.147. The second-order valence-electron chi connectivity index (χ2n) is 8.42. The molecule has 3 nitrogen and oxygen atoms in total. The lowest BCUT2D eigenvalue weighted by Crippen LogP contribution is -2.38. The predicted molar refractivity (Wildman–Crippen MR) is 117 cm³/mol. The fourth-order valence-corrected chi connectivity index (χ4v) is 4.11. The Morgan fingerprint density at radius 3 is 1.89 bits per heavy atom. The highest BCUT2D eigenvalue weighted by Gasteiger charge is 2.31. The molecule has 0 aliphatic carbocycles. The van der Waals surface area contributed by atoms with E-state index in [1.807, 2.05) is 13.8 Å². The number of hydrogen-bond acceptors (Lipinski definition) is 2. The number of nitrogens with zero attached hydrogens (tertiary/aromatic N) is 1. The van der Waals surface area contributed by atoms with Crippen LogP contribution in [-0.2, 0) is 4.79 Å². The Balaban J connectivity index is 0.00000280. The number of aliphatic carboxylic acids is 1. The summed E-state index contributed by atoms with van der Waals surface area (Å²) in [6.07, 6.45) is 3.01. The summed E-state index contributed by atoms with van der Waals surface area (Å²) in [6, 6.07) is 21.7. The third kappa shape index (κ3) is 5.59. The lowest BCUT2D eigenvalue weighted by atomic mass is 9.76. The minimum Gasteiger partial charge on any atom is -0.481 e. The molecule has 2 aromatic rings. The van der Waals surface area contributed by atoms with Crippen LogP contribution in [0.15, 0.2) is 60.7 Å². The van der Waals surface area contributed by atoms with Crippen LogP contribution in [0.5, 0.6) is 0 Å². The van der Waals surface area contributed by atoms with Gasteiger partial charge in [-0.3, -0.25) is 4.79 Å². The van der Waals surface area contributed by atoms with Gasteiger partial charge in [-0.1, -0.05) is 60.7 Å². The van der Waals surface area contributed by atoms with Gasteiger partial charge in [-0.15, -0.1) is 12.4 Å². The Labute approximate surface area is 175 Å². The SMILES string of the molecule is CC(C)(CCN1CCC(C(c2ccccc2)c2ccccc2)CC1)C(=O)O.Cl. The van der Waals surface area contributed by atoms with Crippen LogP contribution in [0.3, 0.4) is 0 Å². The number of likely N-dealkylation sites (tertiary alicyclic amines) is 1. The normalized spacial score (nSPS) is 16.0. The minimum atomic E-state index is -0.703. The summed E-state index contributed by atoms with van der Waals surface area (Å²) in [5.74, 6) is 0.356. The molecule has 0 atom stereocenters. The molecule has 0 bridgehead atoms. The maximum absolute atomic E-state index is 11.3. The number of carbonyl (C=O) groups is 1. The van der Waals surface area contributed by atoms with Gasteiger partial charge in [-0.05, 0) is 69.8 Å². The van der Waals surface area contributed by atoms with Crippen molar-refractivity contribution in [3.8, 4) is 0 Å². The number of piperidine rings is 1. The molecule has 28 heavy (non-hydrogen) atoms. The smallest absolute Gasteiger partial charge is 0.309 e. The molecule has 2 aromatic carbocycles. The van der Waals surface area contributed by atoms with Crippen LogP contribution in [0.4, 0.5) is 0 Å². The van der Waals surface area contributed by atoms with Crippen LogP contribution >= 0.6 is 12.4 Å². The molecule has 1 aliphatic heterocycles. The Bertz CT molecular complexity index is 685. The van der Waals surface area contributed by atoms with Crippen molar-refractivity contribution in [2.45, 2.75) is 39.0 Å². The van der Waals surface area contributed by atoms with Gasteiger partial charge in [0.1, 0.15) is 0 Å². The molecular formula is C24H32ClNO2. The first-order valence-corrected chi connectivity index (χ1v) is 10.0. The highest BCUT2D eigenvalue weighted by molar-refractivity contribution is 5.85. The van der Waals surface area contributed by atoms with Crippen molar-refractivity contribution in [1.29, 1.82) is 0 Å². The average molecular weight is 402 g/mol. The zero-order valence-corrected chi connectivity index (χ0v) is 17.7.